The molecule has 6 heteroatoms. The smallest absolute Gasteiger partial charge is 0.231 e. The Labute approximate surface area is 118 Å². The zero-order valence-corrected chi connectivity index (χ0v) is 11.5. The van der Waals surface area contributed by atoms with E-state index in [1.165, 1.54) is 0 Å². The van der Waals surface area contributed by atoms with Crippen LogP contribution in [0.25, 0.3) is 0 Å². The van der Waals surface area contributed by atoms with Gasteiger partial charge in [-0.3, -0.25) is 4.90 Å². The predicted octanol–water partition coefficient (Wildman–Crippen LogP) is 0.776. The normalized spacial score (nSPS) is 19.8. The number of rotatable bonds is 3. The molecule has 5 nitrogen and oxygen atoms in total. The maximum Gasteiger partial charge on any atom is 0.231 e. The summed E-state index contributed by atoms with van der Waals surface area (Å²) in [6.07, 6.45) is 0. The van der Waals surface area contributed by atoms with Crippen LogP contribution < -0.4 is 14.8 Å². The van der Waals surface area contributed by atoms with Crippen LogP contribution in [-0.2, 0) is 0 Å². The van der Waals surface area contributed by atoms with Crippen molar-refractivity contribution in [3.05, 3.63) is 23.8 Å². The van der Waals surface area contributed by atoms with Gasteiger partial charge in [0.25, 0.3) is 0 Å². The largest absolute Gasteiger partial charge is 0.454 e. The van der Waals surface area contributed by atoms with Gasteiger partial charge in [-0.25, -0.2) is 0 Å². The van der Waals surface area contributed by atoms with Gasteiger partial charge in [0.15, 0.2) is 11.5 Å². The molecule has 0 spiro atoms. The first-order valence-corrected chi connectivity index (χ1v) is 6.33. The lowest BCUT2D eigenvalue weighted by Crippen LogP contribution is -2.46. The van der Waals surface area contributed by atoms with E-state index in [1.54, 1.807) is 0 Å². The van der Waals surface area contributed by atoms with E-state index >= 15 is 0 Å². The van der Waals surface area contributed by atoms with E-state index in [9.17, 15) is 5.11 Å². The van der Waals surface area contributed by atoms with Crippen molar-refractivity contribution in [3.63, 3.8) is 0 Å². The molecule has 2 N–H and O–H groups in total. The maximum absolute atomic E-state index is 9.65. The Bertz CT molecular complexity index is 424. The van der Waals surface area contributed by atoms with Crippen molar-refractivity contribution in [1.82, 2.24) is 10.2 Å². The number of hydrogen-bond acceptors (Lipinski definition) is 5. The highest BCUT2D eigenvalue weighted by Crippen LogP contribution is 2.35. The number of aliphatic hydroxyl groups excluding tert-OH is 1. The monoisotopic (exact) mass is 286 g/mol. The highest BCUT2D eigenvalue weighted by atomic mass is 35.5. The molecule has 106 valence electrons. The number of ether oxygens (including phenoxy) is 2. The topological polar surface area (TPSA) is 54.0 Å². The highest BCUT2D eigenvalue weighted by molar-refractivity contribution is 5.85. The van der Waals surface area contributed by atoms with Crippen LogP contribution in [0.2, 0.25) is 0 Å². The third kappa shape index (κ3) is 2.95. The van der Waals surface area contributed by atoms with Crippen LogP contribution >= 0.6 is 12.4 Å². The number of halogens is 1. The summed E-state index contributed by atoms with van der Waals surface area (Å²) >= 11 is 0. The Morgan fingerprint density at radius 3 is 2.68 bits per heavy atom. The molecule has 19 heavy (non-hydrogen) atoms. The number of nitrogens with zero attached hydrogens (tertiary/aromatic N) is 1. The SMILES string of the molecule is Cl.OC[C@H](c1ccc2c(c1)OCO2)N1CCNCC1. The Hall–Kier alpha value is -1.01. The summed E-state index contributed by atoms with van der Waals surface area (Å²) < 4.78 is 10.7. The number of nitrogens with one attached hydrogen (secondary N) is 1. The van der Waals surface area contributed by atoms with E-state index in [0.29, 0.717) is 0 Å². The molecule has 0 amide bonds. The van der Waals surface area contributed by atoms with Crippen molar-refractivity contribution >= 4 is 12.4 Å². The third-order valence-corrected chi connectivity index (χ3v) is 3.55. The molecule has 1 aromatic rings. The lowest BCUT2D eigenvalue weighted by atomic mass is 10.0. The van der Waals surface area contributed by atoms with Crippen molar-refractivity contribution in [3.8, 4) is 11.5 Å². The van der Waals surface area contributed by atoms with E-state index in [0.717, 1.165) is 43.2 Å². The van der Waals surface area contributed by atoms with Crippen LogP contribution in [0.3, 0.4) is 0 Å². The molecular weight excluding hydrogens is 268 g/mol. The molecule has 3 rings (SSSR count). The first kappa shape index (κ1) is 14.4. The Morgan fingerprint density at radius 2 is 1.95 bits per heavy atom. The number of benzene rings is 1. The fourth-order valence-electron chi connectivity index (χ4n) is 2.55. The van der Waals surface area contributed by atoms with Gasteiger partial charge in [-0.15, -0.1) is 12.4 Å². The molecule has 1 atom stereocenters. The third-order valence-electron chi connectivity index (χ3n) is 3.55. The second-order valence-corrected chi connectivity index (χ2v) is 4.60. The fraction of sp³-hybridized carbons (Fsp3) is 0.538. The molecule has 0 aliphatic carbocycles. The van der Waals surface area contributed by atoms with Gasteiger partial charge in [0.1, 0.15) is 0 Å². The summed E-state index contributed by atoms with van der Waals surface area (Å²) in [7, 11) is 0. The molecule has 2 heterocycles. The second kappa shape index (κ2) is 6.43. The molecule has 0 unspecified atom stereocenters. The summed E-state index contributed by atoms with van der Waals surface area (Å²) in [5.74, 6) is 1.57. The summed E-state index contributed by atoms with van der Waals surface area (Å²) in [5.41, 5.74) is 1.09. The van der Waals surface area contributed by atoms with E-state index in [-0.39, 0.29) is 31.8 Å². The first-order chi connectivity index (χ1) is 8.88. The van der Waals surface area contributed by atoms with Crippen LogP contribution in [0.15, 0.2) is 18.2 Å². The zero-order valence-electron chi connectivity index (χ0n) is 10.7. The van der Waals surface area contributed by atoms with Crippen molar-refractivity contribution in [2.75, 3.05) is 39.6 Å². The molecule has 0 saturated carbocycles. The minimum Gasteiger partial charge on any atom is -0.454 e. The van der Waals surface area contributed by atoms with Crippen molar-refractivity contribution in [2.45, 2.75) is 6.04 Å². The quantitative estimate of drug-likeness (QED) is 0.860. The van der Waals surface area contributed by atoms with Crippen LogP contribution in [0, 0.1) is 0 Å². The van der Waals surface area contributed by atoms with Gasteiger partial charge in [0.2, 0.25) is 6.79 Å². The molecule has 1 aromatic carbocycles. The molecular formula is C13H19ClN2O3. The first-order valence-electron chi connectivity index (χ1n) is 6.33. The van der Waals surface area contributed by atoms with Crippen LogP contribution in [0.4, 0.5) is 0 Å². The average molecular weight is 287 g/mol. The second-order valence-electron chi connectivity index (χ2n) is 4.60. The zero-order chi connectivity index (χ0) is 12.4. The molecule has 0 aromatic heterocycles. The van der Waals surface area contributed by atoms with Gasteiger partial charge < -0.3 is 19.9 Å². The predicted molar refractivity (Wildman–Crippen MR) is 74.1 cm³/mol. The van der Waals surface area contributed by atoms with Crippen LogP contribution in [-0.4, -0.2) is 49.6 Å². The molecule has 1 saturated heterocycles. The minimum atomic E-state index is 0. The Kier molecular flexibility index (Phi) is 4.87. The van der Waals surface area contributed by atoms with Gasteiger partial charge in [0.05, 0.1) is 12.6 Å². The number of aliphatic hydroxyl groups is 1. The number of piperazine rings is 1. The van der Waals surface area contributed by atoms with Crippen LogP contribution in [0.5, 0.6) is 11.5 Å². The molecule has 1 fully saturated rings. The maximum atomic E-state index is 9.65. The highest BCUT2D eigenvalue weighted by Gasteiger charge is 2.23. The van der Waals surface area contributed by atoms with E-state index < -0.39 is 0 Å². The summed E-state index contributed by atoms with van der Waals surface area (Å²) in [6.45, 7) is 4.28. The Morgan fingerprint density at radius 1 is 1.21 bits per heavy atom. The van der Waals surface area contributed by atoms with Gasteiger partial charge >= 0.3 is 0 Å². The summed E-state index contributed by atoms with van der Waals surface area (Å²) in [6, 6.07) is 5.95. The van der Waals surface area contributed by atoms with Gasteiger partial charge in [-0.1, -0.05) is 6.07 Å². The van der Waals surface area contributed by atoms with Gasteiger partial charge in [-0.2, -0.15) is 0 Å². The van der Waals surface area contributed by atoms with Crippen molar-refractivity contribution < 1.29 is 14.6 Å². The average Bonchev–Trinajstić information content (AvgIpc) is 2.88. The van der Waals surface area contributed by atoms with Crippen molar-refractivity contribution in [2.24, 2.45) is 0 Å². The van der Waals surface area contributed by atoms with E-state index in [2.05, 4.69) is 10.2 Å². The standard InChI is InChI=1S/C13H18N2O3.ClH/c16-8-11(15-5-3-14-4-6-15)10-1-2-12-13(7-10)18-9-17-12;/h1-2,7,11,14,16H,3-6,8-9H2;1H/t11-;/m1./s1. The van der Waals surface area contributed by atoms with E-state index in [4.69, 9.17) is 9.47 Å². The number of fused-ring (bicyclic) bond motifs is 1. The van der Waals surface area contributed by atoms with E-state index in [1.807, 2.05) is 18.2 Å². The minimum absolute atomic E-state index is 0. The van der Waals surface area contributed by atoms with Gasteiger partial charge in [-0.05, 0) is 17.7 Å². The molecule has 2 aliphatic rings. The molecule has 0 radical (unpaired) electrons. The summed E-state index contributed by atoms with van der Waals surface area (Å²) in [5, 5.41) is 13.0. The lowest BCUT2D eigenvalue weighted by Gasteiger charge is -2.34. The fourth-order valence-corrected chi connectivity index (χ4v) is 2.55. The molecule has 2 aliphatic heterocycles. The molecule has 0 bridgehead atoms. The van der Waals surface area contributed by atoms with Gasteiger partial charge in [0, 0.05) is 26.2 Å². The number of hydrogen-bond donors (Lipinski definition) is 2. The lowest BCUT2D eigenvalue weighted by molar-refractivity contribution is 0.110. The van der Waals surface area contributed by atoms with Crippen molar-refractivity contribution in [1.29, 1.82) is 0 Å². The summed E-state index contributed by atoms with van der Waals surface area (Å²) in [4.78, 5) is 2.30. The Balaban J connectivity index is 0.00000133. The van der Waals surface area contributed by atoms with Crippen LogP contribution in [0.1, 0.15) is 11.6 Å².